The molecule has 0 saturated carbocycles. The summed E-state index contributed by atoms with van der Waals surface area (Å²) in [5.74, 6) is 0. The molecule has 7 heteroatoms. The number of carbonyl (C=O) groups excluding carboxylic acids is 1. The van der Waals surface area contributed by atoms with Crippen LogP contribution in [0, 0.1) is 0 Å². The molecule has 0 fully saturated rings. The minimum Gasteiger partial charge on any atom is -0.466 e. The summed E-state index contributed by atoms with van der Waals surface area (Å²) < 4.78 is 8.42. The van der Waals surface area contributed by atoms with E-state index in [0.29, 0.717) is 5.13 Å². The molecule has 0 unspecified atom stereocenters. The molecule has 0 spiro atoms. The Hall–Kier alpha value is -1.37. The fraction of sp³-hybridized carbons (Fsp3) is 0.250. The fourth-order valence-electron chi connectivity index (χ4n) is 0.409. The highest BCUT2D eigenvalue weighted by Gasteiger charge is 2.01. The van der Waals surface area contributed by atoms with E-state index in [1.165, 1.54) is 7.11 Å². The first-order valence-corrected chi connectivity index (χ1v) is 3.37. The fourth-order valence-corrected chi connectivity index (χ4v) is 0.893. The lowest BCUT2D eigenvalue weighted by atomic mass is 11.1. The van der Waals surface area contributed by atoms with Gasteiger partial charge < -0.3 is 9.57 Å². The number of methoxy groups -OCH3 is 1. The van der Waals surface area contributed by atoms with Crippen LogP contribution in [0.5, 0.6) is 6.01 Å². The number of anilines is 1. The normalized spacial score (nSPS) is 8.82. The van der Waals surface area contributed by atoms with E-state index in [9.17, 15) is 4.79 Å². The van der Waals surface area contributed by atoms with Crippen LogP contribution in [0.25, 0.3) is 0 Å². The van der Waals surface area contributed by atoms with Gasteiger partial charge in [-0.2, -0.15) is 10.5 Å². The zero-order chi connectivity index (χ0) is 8.10. The number of ether oxygens (including phenoxy) is 1. The van der Waals surface area contributed by atoms with Gasteiger partial charge in [0.25, 0.3) is 0 Å². The molecule has 1 N–H and O–H groups in total. The van der Waals surface area contributed by atoms with Gasteiger partial charge in [-0.05, 0) is 0 Å². The molecule has 0 bridgehead atoms. The van der Waals surface area contributed by atoms with Crippen molar-refractivity contribution in [1.82, 2.24) is 9.36 Å². The molecular weight excluding hydrogens is 170 g/mol. The maximum Gasteiger partial charge on any atom is 0.330 e. The highest BCUT2D eigenvalue weighted by molar-refractivity contribution is 7.09. The average Bonchev–Trinajstić information content (AvgIpc) is 2.48. The molecular formula is C4H5N3O3S. The van der Waals surface area contributed by atoms with Gasteiger partial charge in [0.2, 0.25) is 5.13 Å². The van der Waals surface area contributed by atoms with Crippen LogP contribution in [-0.4, -0.2) is 22.9 Å². The van der Waals surface area contributed by atoms with Gasteiger partial charge in [0.1, 0.15) is 0 Å². The molecule has 0 aliphatic heterocycles. The number of aromatic nitrogens is 2. The van der Waals surface area contributed by atoms with E-state index in [0.717, 1.165) is 11.5 Å². The van der Waals surface area contributed by atoms with E-state index >= 15 is 0 Å². The van der Waals surface area contributed by atoms with Crippen LogP contribution in [0.1, 0.15) is 0 Å². The SMILES string of the molecule is COc1nsc(NOC=O)n1. The molecule has 0 aliphatic rings. The third-order valence-corrected chi connectivity index (χ3v) is 1.38. The topological polar surface area (TPSA) is 73.3 Å². The molecule has 0 aliphatic carbocycles. The van der Waals surface area contributed by atoms with Gasteiger partial charge in [0, 0.05) is 11.5 Å². The summed E-state index contributed by atoms with van der Waals surface area (Å²) in [7, 11) is 1.45. The standard InChI is InChI=1S/C4H5N3O3S/c1-9-3-5-4(11-7-3)6-10-2-8/h2H,1H3,(H,5,6,7). The summed E-state index contributed by atoms with van der Waals surface area (Å²) in [5, 5.41) is 0.369. The van der Waals surface area contributed by atoms with Gasteiger partial charge in [0.05, 0.1) is 7.11 Å². The third kappa shape index (κ3) is 2.04. The lowest BCUT2D eigenvalue weighted by molar-refractivity contribution is -0.126. The maximum absolute atomic E-state index is 9.69. The van der Waals surface area contributed by atoms with Crippen LogP contribution in [0.4, 0.5) is 5.13 Å². The largest absolute Gasteiger partial charge is 0.466 e. The molecule has 0 radical (unpaired) electrons. The van der Waals surface area contributed by atoms with E-state index in [1.54, 1.807) is 0 Å². The summed E-state index contributed by atoms with van der Waals surface area (Å²) in [5.41, 5.74) is 2.25. The minimum atomic E-state index is 0.243. The van der Waals surface area contributed by atoms with Crippen LogP contribution in [0.3, 0.4) is 0 Å². The van der Waals surface area contributed by atoms with Gasteiger partial charge in [0.15, 0.2) is 0 Å². The Morgan fingerprint density at radius 2 is 2.55 bits per heavy atom. The first-order chi connectivity index (χ1) is 5.36. The Balaban J connectivity index is 2.50. The van der Waals surface area contributed by atoms with E-state index in [2.05, 4.69) is 24.4 Å². The summed E-state index contributed by atoms with van der Waals surface area (Å²) in [6, 6.07) is 0.243. The van der Waals surface area contributed by atoms with Crippen LogP contribution in [0.15, 0.2) is 0 Å². The van der Waals surface area contributed by atoms with Crippen molar-refractivity contribution in [2.75, 3.05) is 12.6 Å². The molecule has 0 saturated heterocycles. The van der Waals surface area contributed by atoms with Crippen LogP contribution in [-0.2, 0) is 9.63 Å². The lowest BCUT2D eigenvalue weighted by Crippen LogP contribution is -1.97. The summed E-state index contributed by atoms with van der Waals surface area (Å²) in [4.78, 5) is 17.7. The molecule has 11 heavy (non-hydrogen) atoms. The molecule has 1 aromatic heterocycles. The second-order valence-electron chi connectivity index (χ2n) is 1.40. The third-order valence-electron chi connectivity index (χ3n) is 0.784. The Bertz CT molecular complexity index is 238. The van der Waals surface area contributed by atoms with Crippen LogP contribution >= 0.6 is 11.5 Å². The van der Waals surface area contributed by atoms with Crippen LogP contribution in [0.2, 0.25) is 0 Å². The average molecular weight is 175 g/mol. The Labute approximate surface area is 66.3 Å². The van der Waals surface area contributed by atoms with Crippen molar-refractivity contribution in [3.63, 3.8) is 0 Å². The molecule has 60 valence electrons. The number of rotatable bonds is 4. The predicted molar refractivity (Wildman–Crippen MR) is 37.2 cm³/mol. The molecule has 0 amide bonds. The highest BCUT2D eigenvalue weighted by atomic mass is 32.1. The van der Waals surface area contributed by atoms with Crippen LogP contribution < -0.4 is 10.2 Å². The Morgan fingerprint density at radius 1 is 1.73 bits per heavy atom. The van der Waals surface area contributed by atoms with Crippen molar-refractivity contribution < 1.29 is 14.4 Å². The van der Waals surface area contributed by atoms with Gasteiger partial charge >= 0.3 is 12.5 Å². The monoisotopic (exact) mass is 175 g/mol. The van der Waals surface area contributed by atoms with E-state index < -0.39 is 0 Å². The first-order valence-electron chi connectivity index (χ1n) is 2.60. The molecule has 1 aromatic rings. The number of hydrogen-bond acceptors (Lipinski definition) is 7. The second kappa shape index (κ2) is 3.71. The van der Waals surface area contributed by atoms with Crippen molar-refractivity contribution in [2.24, 2.45) is 0 Å². The molecule has 1 heterocycles. The van der Waals surface area contributed by atoms with Gasteiger partial charge in [-0.15, -0.1) is 4.37 Å². The number of hydrogen-bond donors (Lipinski definition) is 1. The molecule has 1 rings (SSSR count). The summed E-state index contributed by atoms with van der Waals surface area (Å²) in [6.45, 7) is 0.258. The predicted octanol–water partition coefficient (Wildman–Crippen LogP) is 0.0466. The number of carbonyl (C=O) groups is 1. The summed E-state index contributed by atoms with van der Waals surface area (Å²) in [6.07, 6.45) is 0. The van der Waals surface area contributed by atoms with Crippen molar-refractivity contribution in [3.05, 3.63) is 0 Å². The smallest absolute Gasteiger partial charge is 0.330 e. The maximum atomic E-state index is 9.69. The zero-order valence-corrected chi connectivity index (χ0v) is 6.42. The van der Waals surface area contributed by atoms with Crippen molar-refractivity contribution >= 4 is 23.1 Å². The first kappa shape index (κ1) is 7.73. The molecule has 6 nitrogen and oxygen atoms in total. The Morgan fingerprint density at radius 3 is 3.09 bits per heavy atom. The zero-order valence-electron chi connectivity index (χ0n) is 5.60. The van der Waals surface area contributed by atoms with Crippen molar-refractivity contribution in [2.45, 2.75) is 0 Å². The molecule has 0 atom stereocenters. The lowest BCUT2D eigenvalue weighted by Gasteiger charge is -1.92. The minimum absolute atomic E-state index is 0.243. The van der Waals surface area contributed by atoms with Gasteiger partial charge in [-0.3, -0.25) is 4.79 Å². The quantitative estimate of drug-likeness (QED) is 0.514. The van der Waals surface area contributed by atoms with Gasteiger partial charge in [-0.1, -0.05) is 0 Å². The second-order valence-corrected chi connectivity index (χ2v) is 2.15. The molecule has 0 aromatic carbocycles. The van der Waals surface area contributed by atoms with E-state index in [4.69, 9.17) is 0 Å². The van der Waals surface area contributed by atoms with Gasteiger partial charge in [-0.25, -0.2) is 0 Å². The van der Waals surface area contributed by atoms with E-state index in [-0.39, 0.29) is 12.5 Å². The van der Waals surface area contributed by atoms with Crippen molar-refractivity contribution in [3.8, 4) is 6.01 Å². The number of nitrogens with zero attached hydrogens (tertiary/aromatic N) is 2. The van der Waals surface area contributed by atoms with E-state index in [1.807, 2.05) is 0 Å². The van der Waals surface area contributed by atoms with Crippen molar-refractivity contribution in [1.29, 1.82) is 0 Å². The summed E-state index contributed by atoms with van der Waals surface area (Å²) >= 11 is 1.03. The highest BCUT2D eigenvalue weighted by Crippen LogP contribution is 2.14. The Kier molecular flexibility index (Phi) is 2.61. The number of nitrogens with one attached hydrogen (secondary N) is 1.